The van der Waals surface area contributed by atoms with Gasteiger partial charge in [-0.15, -0.1) is 0 Å². The zero-order valence-electron chi connectivity index (χ0n) is 10.5. The number of benzene rings is 2. The largest absolute Gasteiger partial charge is 0.398 e. The normalized spacial score (nSPS) is 19.3. The van der Waals surface area contributed by atoms with E-state index in [1.54, 1.807) is 0 Å². The number of nitrogens with two attached hydrogens (primary N) is 1. The minimum absolute atomic E-state index is 0.194. The SMILES string of the molecule is Nc1cccc2c(N3CC(CBr)CC3=O)cccc12. The number of anilines is 2. The summed E-state index contributed by atoms with van der Waals surface area (Å²) in [5.74, 6) is 0.586. The Kier molecular flexibility index (Phi) is 3.19. The second kappa shape index (κ2) is 4.85. The number of halogens is 1. The van der Waals surface area contributed by atoms with Gasteiger partial charge in [-0.2, -0.15) is 0 Å². The molecule has 0 saturated carbocycles. The molecule has 98 valence electrons. The maximum Gasteiger partial charge on any atom is 0.227 e. The van der Waals surface area contributed by atoms with Gasteiger partial charge >= 0.3 is 0 Å². The summed E-state index contributed by atoms with van der Waals surface area (Å²) in [6, 6.07) is 11.8. The maximum atomic E-state index is 12.1. The van der Waals surface area contributed by atoms with Crippen molar-refractivity contribution in [3.05, 3.63) is 36.4 Å². The molecular weight excluding hydrogens is 304 g/mol. The molecule has 0 aromatic heterocycles. The second-order valence-electron chi connectivity index (χ2n) is 4.95. The van der Waals surface area contributed by atoms with Gasteiger partial charge in [0.2, 0.25) is 5.91 Å². The predicted octanol–water partition coefficient (Wildman–Crippen LogP) is 3.17. The average Bonchev–Trinajstić information content (AvgIpc) is 2.80. The van der Waals surface area contributed by atoms with Crippen LogP contribution < -0.4 is 10.6 Å². The number of carbonyl (C=O) groups excluding carboxylic acids is 1. The molecule has 1 unspecified atom stereocenters. The van der Waals surface area contributed by atoms with Crippen LogP contribution in [0.15, 0.2) is 36.4 Å². The van der Waals surface area contributed by atoms with E-state index in [-0.39, 0.29) is 5.91 Å². The van der Waals surface area contributed by atoms with Crippen molar-refractivity contribution in [2.45, 2.75) is 6.42 Å². The summed E-state index contributed by atoms with van der Waals surface area (Å²) < 4.78 is 0. The van der Waals surface area contributed by atoms with Gasteiger partial charge in [0.25, 0.3) is 0 Å². The number of nitrogens with zero attached hydrogens (tertiary/aromatic N) is 1. The molecule has 3 nitrogen and oxygen atoms in total. The molecule has 3 rings (SSSR count). The number of hydrogen-bond acceptors (Lipinski definition) is 2. The first-order valence-corrected chi connectivity index (χ1v) is 7.46. The molecule has 0 bridgehead atoms. The van der Waals surface area contributed by atoms with Crippen LogP contribution in [0.25, 0.3) is 10.8 Å². The summed E-state index contributed by atoms with van der Waals surface area (Å²) in [4.78, 5) is 14.0. The maximum absolute atomic E-state index is 12.1. The molecule has 2 aromatic carbocycles. The Balaban J connectivity index is 2.11. The van der Waals surface area contributed by atoms with E-state index in [4.69, 9.17) is 5.73 Å². The minimum atomic E-state index is 0.194. The standard InChI is InChI=1S/C15H15BrN2O/c16-8-10-7-15(19)18(9-10)14-6-2-3-11-12(14)4-1-5-13(11)17/h1-6,10H,7-9,17H2. The second-order valence-corrected chi connectivity index (χ2v) is 5.60. The Morgan fingerprint density at radius 1 is 1.21 bits per heavy atom. The summed E-state index contributed by atoms with van der Waals surface area (Å²) in [6.07, 6.45) is 0.615. The quantitative estimate of drug-likeness (QED) is 0.683. The Bertz CT molecular complexity index is 641. The molecule has 1 heterocycles. The van der Waals surface area contributed by atoms with Crippen molar-refractivity contribution < 1.29 is 4.79 Å². The number of rotatable bonds is 2. The van der Waals surface area contributed by atoms with Crippen molar-refractivity contribution in [3.63, 3.8) is 0 Å². The first-order chi connectivity index (χ1) is 9.20. The molecule has 2 N–H and O–H groups in total. The lowest BCUT2D eigenvalue weighted by molar-refractivity contribution is -0.117. The van der Waals surface area contributed by atoms with E-state index >= 15 is 0 Å². The fourth-order valence-electron chi connectivity index (χ4n) is 2.67. The number of nitrogen functional groups attached to an aromatic ring is 1. The predicted molar refractivity (Wildman–Crippen MR) is 82.6 cm³/mol. The van der Waals surface area contributed by atoms with Crippen molar-refractivity contribution in [2.75, 3.05) is 22.5 Å². The van der Waals surface area contributed by atoms with Crippen LogP contribution in [-0.4, -0.2) is 17.8 Å². The molecule has 4 heteroatoms. The van der Waals surface area contributed by atoms with Crippen LogP contribution in [0.1, 0.15) is 6.42 Å². The Morgan fingerprint density at radius 2 is 1.95 bits per heavy atom. The highest BCUT2D eigenvalue weighted by atomic mass is 79.9. The highest BCUT2D eigenvalue weighted by molar-refractivity contribution is 9.09. The van der Waals surface area contributed by atoms with Crippen molar-refractivity contribution in [3.8, 4) is 0 Å². The fourth-order valence-corrected chi connectivity index (χ4v) is 3.10. The van der Waals surface area contributed by atoms with Gasteiger partial charge in [-0.25, -0.2) is 0 Å². The number of fused-ring (bicyclic) bond motifs is 1. The molecule has 1 aliphatic heterocycles. The molecule has 1 fully saturated rings. The third-order valence-electron chi connectivity index (χ3n) is 3.65. The van der Waals surface area contributed by atoms with Crippen LogP contribution in [-0.2, 0) is 4.79 Å². The van der Waals surface area contributed by atoms with Crippen LogP contribution in [0, 0.1) is 5.92 Å². The van der Waals surface area contributed by atoms with Crippen LogP contribution in [0.5, 0.6) is 0 Å². The van der Waals surface area contributed by atoms with E-state index in [1.165, 1.54) is 0 Å². The molecule has 19 heavy (non-hydrogen) atoms. The Hall–Kier alpha value is -1.55. The Morgan fingerprint density at radius 3 is 2.68 bits per heavy atom. The highest BCUT2D eigenvalue weighted by Gasteiger charge is 2.30. The van der Waals surface area contributed by atoms with E-state index in [1.807, 2.05) is 41.3 Å². The molecule has 1 aliphatic rings. The molecular formula is C15H15BrN2O. The number of carbonyl (C=O) groups is 1. The van der Waals surface area contributed by atoms with Crippen molar-refractivity contribution in [1.29, 1.82) is 0 Å². The molecule has 0 aliphatic carbocycles. The highest BCUT2D eigenvalue weighted by Crippen LogP contribution is 2.34. The molecule has 0 spiro atoms. The smallest absolute Gasteiger partial charge is 0.227 e. The molecule has 1 atom stereocenters. The van der Waals surface area contributed by atoms with Gasteiger partial charge in [0.15, 0.2) is 0 Å². The summed E-state index contributed by atoms with van der Waals surface area (Å²) >= 11 is 3.47. The number of alkyl halides is 1. The summed E-state index contributed by atoms with van der Waals surface area (Å²) in [5, 5.41) is 2.92. The van der Waals surface area contributed by atoms with Gasteiger partial charge < -0.3 is 10.6 Å². The van der Waals surface area contributed by atoms with E-state index in [9.17, 15) is 4.79 Å². The first kappa shape index (κ1) is 12.5. The lowest BCUT2D eigenvalue weighted by Gasteiger charge is -2.19. The fraction of sp³-hybridized carbons (Fsp3) is 0.267. The number of hydrogen-bond donors (Lipinski definition) is 1. The monoisotopic (exact) mass is 318 g/mol. The lowest BCUT2D eigenvalue weighted by Crippen LogP contribution is -2.24. The molecule has 1 amide bonds. The van der Waals surface area contributed by atoms with E-state index < -0.39 is 0 Å². The summed E-state index contributed by atoms with van der Waals surface area (Å²) in [6.45, 7) is 0.776. The van der Waals surface area contributed by atoms with E-state index in [2.05, 4.69) is 15.9 Å². The van der Waals surface area contributed by atoms with Crippen molar-refractivity contribution in [2.24, 2.45) is 5.92 Å². The first-order valence-electron chi connectivity index (χ1n) is 6.34. The van der Waals surface area contributed by atoms with Gasteiger partial charge in [0.1, 0.15) is 0 Å². The molecule has 1 saturated heterocycles. The van der Waals surface area contributed by atoms with E-state index in [0.29, 0.717) is 12.3 Å². The van der Waals surface area contributed by atoms with E-state index in [0.717, 1.165) is 34.0 Å². The average molecular weight is 319 g/mol. The van der Waals surface area contributed by atoms with Gasteiger partial charge in [-0.05, 0) is 18.1 Å². The van der Waals surface area contributed by atoms with Crippen LogP contribution in [0.2, 0.25) is 0 Å². The zero-order chi connectivity index (χ0) is 13.4. The lowest BCUT2D eigenvalue weighted by atomic mass is 10.1. The minimum Gasteiger partial charge on any atom is -0.398 e. The Labute approximate surface area is 120 Å². The summed E-state index contributed by atoms with van der Waals surface area (Å²) in [7, 11) is 0. The third kappa shape index (κ3) is 2.10. The molecule has 0 radical (unpaired) electrons. The van der Waals surface area contributed by atoms with Gasteiger partial charge in [0, 0.05) is 34.8 Å². The van der Waals surface area contributed by atoms with Gasteiger partial charge in [0.05, 0.1) is 5.69 Å². The van der Waals surface area contributed by atoms with Crippen LogP contribution in [0.4, 0.5) is 11.4 Å². The topological polar surface area (TPSA) is 46.3 Å². The van der Waals surface area contributed by atoms with Crippen molar-refractivity contribution >= 4 is 44.0 Å². The zero-order valence-corrected chi connectivity index (χ0v) is 12.1. The molecule has 2 aromatic rings. The van der Waals surface area contributed by atoms with Crippen LogP contribution >= 0.6 is 15.9 Å². The summed E-state index contributed by atoms with van der Waals surface area (Å²) in [5.41, 5.74) is 7.72. The van der Waals surface area contributed by atoms with Gasteiger partial charge in [-0.3, -0.25) is 4.79 Å². The number of amides is 1. The van der Waals surface area contributed by atoms with Crippen LogP contribution in [0.3, 0.4) is 0 Å². The van der Waals surface area contributed by atoms with Crippen molar-refractivity contribution in [1.82, 2.24) is 0 Å². The third-order valence-corrected chi connectivity index (χ3v) is 4.56. The van der Waals surface area contributed by atoms with Gasteiger partial charge in [-0.1, -0.05) is 40.2 Å².